The van der Waals surface area contributed by atoms with E-state index in [4.69, 9.17) is 19.0 Å². The van der Waals surface area contributed by atoms with Crippen LogP contribution in [0.2, 0.25) is 0 Å². The van der Waals surface area contributed by atoms with Crippen molar-refractivity contribution in [3.8, 4) is 0 Å². The lowest BCUT2D eigenvalue weighted by molar-refractivity contribution is -0.0289. The molecular weight excluding hydrogens is 286 g/mol. The van der Waals surface area contributed by atoms with Gasteiger partial charge in [-0.2, -0.15) is 0 Å². The van der Waals surface area contributed by atoms with E-state index < -0.39 is 16.0 Å². The average Bonchev–Trinajstić information content (AvgIpc) is 2.65. The van der Waals surface area contributed by atoms with Crippen molar-refractivity contribution in [3.63, 3.8) is 0 Å². The average molecular weight is 305 g/mol. The van der Waals surface area contributed by atoms with Crippen molar-refractivity contribution < 1.29 is 27.1 Å². The first-order chi connectivity index (χ1) is 9.00. The van der Waals surface area contributed by atoms with Crippen molar-refractivity contribution in [1.82, 2.24) is 0 Å². The molecule has 0 amide bonds. The van der Waals surface area contributed by atoms with Gasteiger partial charge in [-0.1, -0.05) is 0 Å². The highest BCUT2D eigenvalue weighted by Gasteiger charge is 2.22. The maximum absolute atomic E-state index is 11.7. The highest BCUT2D eigenvalue weighted by Crippen LogP contribution is 2.19. The number of sulfonamides is 1. The normalized spacial score (nSPS) is 12.4. The smallest absolute Gasteiger partial charge is 0.374 e. The van der Waals surface area contributed by atoms with Gasteiger partial charge in [0.2, 0.25) is 15.8 Å². The molecule has 114 valence electrons. The number of furan rings is 1. The van der Waals surface area contributed by atoms with Crippen LogP contribution in [0, 0.1) is 6.92 Å². The molecule has 0 bridgehead atoms. The van der Waals surface area contributed by atoms with Gasteiger partial charge in [-0.3, -0.25) is 0 Å². The summed E-state index contributed by atoms with van der Waals surface area (Å²) in [5.74, 6) is -0.923. The summed E-state index contributed by atoms with van der Waals surface area (Å²) in [6, 6.07) is 1.05. The van der Waals surface area contributed by atoms with Crippen molar-refractivity contribution in [2.45, 2.75) is 38.2 Å². The topological polar surface area (TPSA) is 109 Å². The van der Waals surface area contributed by atoms with E-state index >= 15 is 0 Å². The number of esters is 1. The highest BCUT2D eigenvalue weighted by molar-refractivity contribution is 7.89. The number of ether oxygens (including phenoxy) is 2. The first kappa shape index (κ1) is 16.7. The molecule has 0 atom stereocenters. The Hall–Kier alpha value is -1.38. The summed E-state index contributed by atoms with van der Waals surface area (Å²) in [5.41, 5.74) is -0.325. The lowest BCUT2D eigenvalue weighted by atomic mass is 10.2. The van der Waals surface area contributed by atoms with Gasteiger partial charge in [0.05, 0.1) is 12.2 Å². The number of aryl methyl sites for hydroxylation is 1. The summed E-state index contributed by atoms with van der Waals surface area (Å²) in [6.07, 6.45) is 0. The Kier molecular flexibility index (Phi) is 4.95. The Morgan fingerprint density at radius 2 is 1.95 bits per heavy atom. The Morgan fingerprint density at radius 3 is 2.40 bits per heavy atom. The Morgan fingerprint density at radius 1 is 1.35 bits per heavy atom. The Labute approximate surface area is 118 Å². The van der Waals surface area contributed by atoms with Crippen LogP contribution in [0.25, 0.3) is 0 Å². The van der Waals surface area contributed by atoms with E-state index in [2.05, 4.69) is 0 Å². The molecule has 0 aromatic carbocycles. The highest BCUT2D eigenvalue weighted by atomic mass is 32.2. The third kappa shape index (κ3) is 4.95. The molecule has 0 aliphatic heterocycles. The summed E-state index contributed by atoms with van der Waals surface area (Å²) in [7, 11) is -3.92. The number of carbonyl (C=O) groups is 1. The first-order valence-electron chi connectivity index (χ1n) is 5.95. The summed E-state index contributed by atoms with van der Waals surface area (Å²) < 4.78 is 37.7. The SMILES string of the molecule is Cc1oc(C(=O)OCCOC(C)(C)C)cc1S(N)(=O)=O. The van der Waals surface area contributed by atoms with Crippen LogP contribution in [-0.2, 0) is 19.5 Å². The molecule has 0 unspecified atom stereocenters. The number of rotatable bonds is 5. The van der Waals surface area contributed by atoms with Crippen molar-refractivity contribution in [3.05, 3.63) is 17.6 Å². The van der Waals surface area contributed by atoms with Crippen LogP contribution in [0.4, 0.5) is 0 Å². The van der Waals surface area contributed by atoms with Crippen LogP contribution >= 0.6 is 0 Å². The molecule has 7 nitrogen and oxygen atoms in total. The van der Waals surface area contributed by atoms with E-state index in [0.717, 1.165) is 6.07 Å². The molecule has 0 aliphatic carbocycles. The van der Waals surface area contributed by atoms with Gasteiger partial charge in [0, 0.05) is 6.07 Å². The lowest BCUT2D eigenvalue weighted by Gasteiger charge is -2.19. The second-order valence-corrected chi connectivity index (χ2v) is 6.70. The predicted molar refractivity (Wildman–Crippen MR) is 70.8 cm³/mol. The molecule has 8 heteroatoms. The Bertz CT molecular complexity index is 582. The zero-order chi connectivity index (χ0) is 15.6. The number of hydrogen-bond acceptors (Lipinski definition) is 6. The van der Waals surface area contributed by atoms with Crippen LogP contribution in [0.3, 0.4) is 0 Å². The van der Waals surface area contributed by atoms with Gasteiger partial charge >= 0.3 is 5.97 Å². The number of nitrogens with two attached hydrogens (primary N) is 1. The number of primary sulfonamides is 1. The van der Waals surface area contributed by atoms with Crippen LogP contribution in [-0.4, -0.2) is 33.2 Å². The molecule has 20 heavy (non-hydrogen) atoms. The minimum Gasteiger partial charge on any atom is -0.457 e. The quantitative estimate of drug-likeness (QED) is 0.647. The van der Waals surface area contributed by atoms with Gasteiger partial charge in [-0.05, 0) is 27.7 Å². The van der Waals surface area contributed by atoms with E-state index in [-0.39, 0.29) is 35.2 Å². The molecule has 0 saturated heterocycles. The van der Waals surface area contributed by atoms with Gasteiger partial charge in [-0.15, -0.1) is 0 Å². The third-order valence-electron chi connectivity index (χ3n) is 2.23. The molecule has 2 N–H and O–H groups in total. The van der Waals surface area contributed by atoms with Crippen molar-refractivity contribution >= 4 is 16.0 Å². The minimum atomic E-state index is -3.92. The van der Waals surface area contributed by atoms with Gasteiger partial charge in [0.25, 0.3) is 0 Å². The van der Waals surface area contributed by atoms with Crippen molar-refractivity contribution in [2.75, 3.05) is 13.2 Å². The molecule has 0 fully saturated rings. The standard InChI is InChI=1S/C12H19NO6S/c1-8-10(20(13,15)16)7-9(19-8)11(14)17-5-6-18-12(2,3)4/h7H,5-6H2,1-4H3,(H2,13,15,16). The number of carbonyl (C=O) groups excluding carboxylic acids is 1. The molecule has 1 rings (SSSR count). The Balaban J connectivity index is 2.61. The second kappa shape index (κ2) is 5.94. The summed E-state index contributed by atoms with van der Waals surface area (Å²) in [4.78, 5) is 11.4. The lowest BCUT2D eigenvalue weighted by Crippen LogP contribution is -2.22. The monoisotopic (exact) mass is 305 g/mol. The fraction of sp³-hybridized carbons (Fsp3) is 0.583. The van der Waals surface area contributed by atoms with Gasteiger partial charge < -0.3 is 13.9 Å². The van der Waals surface area contributed by atoms with Crippen LogP contribution < -0.4 is 5.14 Å². The molecule has 0 aliphatic rings. The largest absolute Gasteiger partial charge is 0.457 e. The molecule has 1 heterocycles. The van der Waals surface area contributed by atoms with E-state index in [1.54, 1.807) is 0 Å². The fourth-order valence-electron chi connectivity index (χ4n) is 1.40. The molecule has 1 aromatic rings. The van der Waals surface area contributed by atoms with E-state index in [9.17, 15) is 13.2 Å². The maximum Gasteiger partial charge on any atom is 0.374 e. The summed E-state index contributed by atoms with van der Waals surface area (Å²) in [6.45, 7) is 7.31. The minimum absolute atomic E-state index is 0.0422. The summed E-state index contributed by atoms with van der Waals surface area (Å²) >= 11 is 0. The molecule has 0 radical (unpaired) electrons. The third-order valence-corrected chi connectivity index (χ3v) is 3.25. The van der Waals surface area contributed by atoms with Gasteiger partial charge in [0.15, 0.2) is 0 Å². The van der Waals surface area contributed by atoms with Gasteiger partial charge in [0.1, 0.15) is 17.3 Å². The van der Waals surface area contributed by atoms with Gasteiger partial charge in [-0.25, -0.2) is 18.4 Å². The zero-order valence-electron chi connectivity index (χ0n) is 11.9. The van der Waals surface area contributed by atoms with Crippen LogP contribution in [0.15, 0.2) is 15.4 Å². The first-order valence-corrected chi connectivity index (χ1v) is 7.49. The van der Waals surface area contributed by atoms with E-state index in [0.29, 0.717) is 0 Å². The van der Waals surface area contributed by atoms with Crippen LogP contribution in [0.1, 0.15) is 37.1 Å². The fourth-order valence-corrected chi connectivity index (χ4v) is 2.12. The van der Waals surface area contributed by atoms with E-state index in [1.165, 1.54) is 6.92 Å². The molecule has 0 saturated carbocycles. The summed E-state index contributed by atoms with van der Waals surface area (Å²) in [5, 5.41) is 4.98. The molecular formula is C12H19NO6S. The zero-order valence-corrected chi connectivity index (χ0v) is 12.7. The van der Waals surface area contributed by atoms with Crippen molar-refractivity contribution in [2.24, 2.45) is 5.14 Å². The second-order valence-electron chi connectivity index (χ2n) is 5.17. The predicted octanol–water partition coefficient (Wildman–Crippen LogP) is 1.21. The molecule has 0 spiro atoms. The van der Waals surface area contributed by atoms with E-state index in [1.807, 2.05) is 20.8 Å². The van der Waals surface area contributed by atoms with Crippen molar-refractivity contribution in [1.29, 1.82) is 0 Å². The molecule has 1 aromatic heterocycles. The number of hydrogen-bond donors (Lipinski definition) is 1. The maximum atomic E-state index is 11.7. The van der Waals surface area contributed by atoms with Crippen LogP contribution in [0.5, 0.6) is 0 Å².